The van der Waals surface area contributed by atoms with Gasteiger partial charge in [-0.25, -0.2) is 0 Å². The standard InChI is InChI=1S/C10H18N2OS/c1-3-14(13)8-6-11-9-10-5-4-7-12(10)2/h4-5,7,11H,3,6,8-9H2,1-2H3. The van der Waals surface area contributed by atoms with Crippen LogP contribution < -0.4 is 5.32 Å². The molecule has 0 aliphatic rings. The number of nitrogens with zero attached hydrogens (tertiary/aromatic N) is 1. The molecule has 0 bridgehead atoms. The van der Waals surface area contributed by atoms with Gasteiger partial charge in [0.25, 0.3) is 0 Å². The molecular formula is C10H18N2OS. The Morgan fingerprint density at radius 1 is 1.57 bits per heavy atom. The summed E-state index contributed by atoms with van der Waals surface area (Å²) in [5.41, 5.74) is 1.26. The van der Waals surface area contributed by atoms with Crippen LogP contribution in [0.5, 0.6) is 0 Å². The van der Waals surface area contributed by atoms with E-state index in [9.17, 15) is 4.21 Å². The molecule has 4 heteroatoms. The van der Waals surface area contributed by atoms with Crippen LogP contribution in [0.25, 0.3) is 0 Å². The van der Waals surface area contributed by atoms with Gasteiger partial charge >= 0.3 is 0 Å². The van der Waals surface area contributed by atoms with Crippen molar-refractivity contribution < 1.29 is 4.21 Å². The van der Waals surface area contributed by atoms with Crippen molar-refractivity contribution in [2.45, 2.75) is 13.5 Å². The second kappa shape index (κ2) is 5.98. The summed E-state index contributed by atoms with van der Waals surface area (Å²) >= 11 is 0. The average molecular weight is 214 g/mol. The highest BCUT2D eigenvalue weighted by atomic mass is 32.2. The van der Waals surface area contributed by atoms with Crippen LogP contribution in [0.3, 0.4) is 0 Å². The van der Waals surface area contributed by atoms with Gasteiger partial charge in [-0.15, -0.1) is 0 Å². The van der Waals surface area contributed by atoms with Gasteiger partial charge in [0, 0.05) is 54.3 Å². The predicted molar refractivity (Wildman–Crippen MR) is 60.7 cm³/mol. The quantitative estimate of drug-likeness (QED) is 0.713. The lowest BCUT2D eigenvalue weighted by atomic mass is 10.4. The van der Waals surface area contributed by atoms with E-state index in [1.54, 1.807) is 0 Å². The van der Waals surface area contributed by atoms with Crippen molar-refractivity contribution in [2.75, 3.05) is 18.1 Å². The molecule has 1 unspecified atom stereocenters. The second-order valence-electron chi connectivity index (χ2n) is 3.22. The predicted octanol–water partition coefficient (Wildman–Crippen LogP) is 0.883. The Morgan fingerprint density at radius 2 is 2.36 bits per heavy atom. The minimum Gasteiger partial charge on any atom is -0.353 e. The molecule has 3 nitrogen and oxygen atoms in total. The fraction of sp³-hybridized carbons (Fsp3) is 0.600. The third-order valence-corrected chi connectivity index (χ3v) is 3.49. The van der Waals surface area contributed by atoms with Crippen LogP contribution in [0.2, 0.25) is 0 Å². The fourth-order valence-corrected chi connectivity index (χ4v) is 1.89. The molecule has 1 aromatic heterocycles. The van der Waals surface area contributed by atoms with Crippen molar-refractivity contribution in [2.24, 2.45) is 7.05 Å². The average Bonchev–Trinajstić information content (AvgIpc) is 2.58. The molecule has 0 radical (unpaired) electrons. The number of rotatable bonds is 6. The lowest BCUT2D eigenvalue weighted by molar-refractivity contribution is 0.662. The van der Waals surface area contributed by atoms with Crippen LogP contribution in [0.15, 0.2) is 18.3 Å². The molecule has 0 saturated carbocycles. The Morgan fingerprint density at radius 3 is 2.93 bits per heavy atom. The van der Waals surface area contributed by atoms with Gasteiger partial charge in [-0.05, 0) is 12.1 Å². The molecule has 0 aromatic carbocycles. The summed E-state index contributed by atoms with van der Waals surface area (Å²) in [7, 11) is 1.38. The maximum atomic E-state index is 11.1. The maximum Gasteiger partial charge on any atom is 0.0360 e. The lowest BCUT2D eigenvalue weighted by Gasteiger charge is -2.05. The van der Waals surface area contributed by atoms with Gasteiger partial charge in [0.1, 0.15) is 0 Å². The molecule has 0 saturated heterocycles. The first-order valence-electron chi connectivity index (χ1n) is 4.90. The highest BCUT2D eigenvalue weighted by Crippen LogP contribution is 1.97. The van der Waals surface area contributed by atoms with Gasteiger partial charge < -0.3 is 9.88 Å². The van der Waals surface area contributed by atoms with Crippen molar-refractivity contribution in [3.63, 3.8) is 0 Å². The molecule has 1 heterocycles. The monoisotopic (exact) mass is 214 g/mol. The summed E-state index contributed by atoms with van der Waals surface area (Å²) in [6.07, 6.45) is 2.03. The van der Waals surface area contributed by atoms with Gasteiger partial charge in [-0.1, -0.05) is 6.92 Å². The Bertz CT molecular complexity index is 296. The minimum atomic E-state index is -0.650. The van der Waals surface area contributed by atoms with Crippen molar-refractivity contribution >= 4 is 10.8 Å². The molecule has 0 aliphatic carbocycles. The first-order chi connectivity index (χ1) is 6.74. The number of hydrogen-bond donors (Lipinski definition) is 1. The number of aryl methyl sites for hydroxylation is 1. The van der Waals surface area contributed by atoms with Gasteiger partial charge in [0.2, 0.25) is 0 Å². The Hall–Kier alpha value is -0.610. The molecule has 0 spiro atoms. The Kier molecular flexibility index (Phi) is 4.90. The van der Waals surface area contributed by atoms with Crippen LogP contribution in [0.1, 0.15) is 12.6 Å². The van der Waals surface area contributed by atoms with E-state index in [1.165, 1.54) is 5.69 Å². The summed E-state index contributed by atoms with van der Waals surface area (Å²) in [4.78, 5) is 0. The zero-order valence-electron chi connectivity index (χ0n) is 8.82. The maximum absolute atomic E-state index is 11.1. The topological polar surface area (TPSA) is 34.0 Å². The number of hydrogen-bond acceptors (Lipinski definition) is 2. The lowest BCUT2D eigenvalue weighted by Crippen LogP contribution is -2.21. The van der Waals surface area contributed by atoms with Crippen molar-refractivity contribution in [1.29, 1.82) is 0 Å². The third kappa shape index (κ3) is 3.64. The van der Waals surface area contributed by atoms with Gasteiger partial charge in [0.15, 0.2) is 0 Å². The summed E-state index contributed by atoms with van der Waals surface area (Å²) < 4.78 is 13.2. The largest absolute Gasteiger partial charge is 0.353 e. The van der Waals surface area contributed by atoms with E-state index in [0.717, 1.165) is 24.6 Å². The van der Waals surface area contributed by atoms with Gasteiger partial charge in [-0.3, -0.25) is 4.21 Å². The summed E-state index contributed by atoms with van der Waals surface area (Å²) in [6.45, 7) is 3.63. The van der Waals surface area contributed by atoms with E-state index in [1.807, 2.05) is 26.2 Å². The molecule has 14 heavy (non-hydrogen) atoms. The summed E-state index contributed by atoms with van der Waals surface area (Å²) in [5, 5.41) is 3.28. The highest BCUT2D eigenvalue weighted by molar-refractivity contribution is 7.84. The van der Waals surface area contributed by atoms with E-state index in [4.69, 9.17) is 0 Å². The van der Waals surface area contributed by atoms with Crippen molar-refractivity contribution in [1.82, 2.24) is 9.88 Å². The second-order valence-corrected chi connectivity index (χ2v) is 5.09. The van der Waals surface area contributed by atoms with Crippen molar-refractivity contribution in [3.8, 4) is 0 Å². The molecule has 1 atom stereocenters. The molecule has 1 rings (SSSR count). The van der Waals surface area contributed by atoms with E-state index < -0.39 is 10.8 Å². The zero-order valence-corrected chi connectivity index (χ0v) is 9.64. The van der Waals surface area contributed by atoms with Crippen LogP contribution in [0, 0.1) is 0 Å². The van der Waals surface area contributed by atoms with Crippen LogP contribution in [-0.4, -0.2) is 26.8 Å². The zero-order chi connectivity index (χ0) is 10.4. The third-order valence-electron chi connectivity index (χ3n) is 2.19. The Balaban J connectivity index is 2.16. The van der Waals surface area contributed by atoms with Crippen LogP contribution in [0.4, 0.5) is 0 Å². The molecular weight excluding hydrogens is 196 g/mol. The van der Waals surface area contributed by atoms with E-state index in [2.05, 4.69) is 16.0 Å². The fourth-order valence-electron chi connectivity index (χ4n) is 1.23. The van der Waals surface area contributed by atoms with Crippen LogP contribution in [-0.2, 0) is 24.4 Å². The molecule has 1 aromatic rings. The first kappa shape index (κ1) is 11.5. The molecule has 0 amide bonds. The number of aromatic nitrogens is 1. The molecule has 0 fully saturated rings. The molecule has 0 aliphatic heterocycles. The van der Waals surface area contributed by atoms with Crippen molar-refractivity contribution in [3.05, 3.63) is 24.0 Å². The number of nitrogens with one attached hydrogen (secondary N) is 1. The molecule has 80 valence electrons. The van der Waals surface area contributed by atoms with E-state index in [0.29, 0.717) is 0 Å². The van der Waals surface area contributed by atoms with Gasteiger partial charge in [-0.2, -0.15) is 0 Å². The summed E-state index contributed by atoms with van der Waals surface area (Å²) in [6, 6.07) is 4.12. The summed E-state index contributed by atoms with van der Waals surface area (Å²) in [5.74, 6) is 1.51. The molecule has 1 N–H and O–H groups in total. The minimum absolute atomic E-state index is 0.650. The smallest absolute Gasteiger partial charge is 0.0360 e. The first-order valence-corrected chi connectivity index (χ1v) is 6.38. The highest BCUT2D eigenvalue weighted by Gasteiger charge is 1.97. The van der Waals surface area contributed by atoms with E-state index in [-0.39, 0.29) is 0 Å². The van der Waals surface area contributed by atoms with Crippen LogP contribution >= 0.6 is 0 Å². The normalized spacial score (nSPS) is 13.0. The van der Waals surface area contributed by atoms with E-state index >= 15 is 0 Å². The Labute approximate surface area is 88.0 Å². The SMILES string of the molecule is CCS(=O)CCNCc1cccn1C. The van der Waals surface area contributed by atoms with Gasteiger partial charge in [0.05, 0.1) is 0 Å².